The highest BCUT2D eigenvalue weighted by molar-refractivity contribution is 9.11. The normalized spacial score (nSPS) is 12.8. The van der Waals surface area contributed by atoms with Crippen LogP contribution in [0.4, 0.5) is 0 Å². The summed E-state index contributed by atoms with van der Waals surface area (Å²) in [7, 11) is 0. The summed E-state index contributed by atoms with van der Waals surface area (Å²) in [5.41, 5.74) is 2.12. The van der Waals surface area contributed by atoms with Crippen molar-refractivity contribution in [1.29, 1.82) is 0 Å². The average molecular weight is 412 g/mol. The smallest absolute Gasteiger partial charge is 0.0841 e. The van der Waals surface area contributed by atoms with Gasteiger partial charge in [0.1, 0.15) is 0 Å². The molecule has 1 aromatic heterocycles. The molecule has 1 atom stereocenters. The SMILES string of the molecule is OC(Cc1csc2ccccc12)c1ccc(Br)cc1Br. The van der Waals surface area contributed by atoms with Gasteiger partial charge in [0.2, 0.25) is 0 Å². The first kappa shape index (κ1) is 14.3. The van der Waals surface area contributed by atoms with Gasteiger partial charge in [-0.3, -0.25) is 0 Å². The second-order valence-electron chi connectivity index (χ2n) is 4.64. The zero-order valence-corrected chi connectivity index (χ0v) is 14.5. The molecular formula is C16H12Br2OS. The zero-order chi connectivity index (χ0) is 14.1. The number of fused-ring (bicyclic) bond motifs is 1. The lowest BCUT2D eigenvalue weighted by Gasteiger charge is -2.13. The Labute approximate surface area is 138 Å². The average Bonchev–Trinajstić information content (AvgIpc) is 2.82. The van der Waals surface area contributed by atoms with Crippen molar-refractivity contribution in [2.75, 3.05) is 0 Å². The van der Waals surface area contributed by atoms with Gasteiger partial charge in [-0.05, 0) is 40.1 Å². The second-order valence-corrected chi connectivity index (χ2v) is 7.32. The standard InChI is InChI=1S/C16H12Br2OS/c17-11-5-6-13(14(18)8-11)15(19)7-10-9-20-16-4-2-1-3-12(10)16/h1-6,8-9,15,19H,7H2. The van der Waals surface area contributed by atoms with E-state index in [1.807, 2.05) is 30.3 Å². The van der Waals surface area contributed by atoms with Crippen molar-refractivity contribution in [2.24, 2.45) is 0 Å². The third-order valence-electron chi connectivity index (χ3n) is 3.30. The molecule has 3 rings (SSSR count). The Balaban J connectivity index is 1.90. The van der Waals surface area contributed by atoms with Crippen LogP contribution in [0.25, 0.3) is 10.1 Å². The Morgan fingerprint density at radius 1 is 1.10 bits per heavy atom. The summed E-state index contributed by atoms with van der Waals surface area (Å²) >= 11 is 8.67. The number of benzene rings is 2. The summed E-state index contributed by atoms with van der Waals surface area (Å²) in [5.74, 6) is 0. The number of hydrogen-bond donors (Lipinski definition) is 1. The fourth-order valence-corrected chi connectivity index (χ4v) is 4.57. The van der Waals surface area contributed by atoms with Crippen LogP contribution < -0.4 is 0 Å². The van der Waals surface area contributed by atoms with Crippen molar-refractivity contribution < 1.29 is 5.11 Å². The van der Waals surface area contributed by atoms with Gasteiger partial charge >= 0.3 is 0 Å². The first-order valence-electron chi connectivity index (χ1n) is 6.23. The molecular weight excluding hydrogens is 400 g/mol. The van der Waals surface area contributed by atoms with E-state index in [2.05, 4.69) is 49.4 Å². The summed E-state index contributed by atoms with van der Waals surface area (Å²) in [4.78, 5) is 0. The predicted molar refractivity (Wildman–Crippen MR) is 92.3 cm³/mol. The number of rotatable bonds is 3. The highest BCUT2D eigenvalue weighted by Crippen LogP contribution is 2.32. The van der Waals surface area contributed by atoms with E-state index < -0.39 is 6.10 Å². The summed E-state index contributed by atoms with van der Waals surface area (Å²) in [5, 5.41) is 13.9. The summed E-state index contributed by atoms with van der Waals surface area (Å²) in [6.45, 7) is 0. The molecule has 102 valence electrons. The quantitative estimate of drug-likeness (QED) is 0.585. The van der Waals surface area contributed by atoms with Gasteiger partial charge in [0, 0.05) is 20.1 Å². The van der Waals surface area contributed by atoms with Gasteiger partial charge in [0.25, 0.3) is 0 Å². The minimum Gasteiger partial charge on any atom is -0.388 e. The number of hydrogen-bond acceptors (Lipinski definition) is 2. The predicted octanol–water partition coefficient (Wildman–Crippen LogP) is 5.70. The van der Waals surface area contributed by atoms with E-state index in [1.165, 1.54) is 15.6 Å². The summed E-state index contributed by atoms with van der Waals surface area (Å²) < 4.78 is 3.20. The number of aliphatic hydroxyl groups excluding tert-OH is 1. The maximum atomic E-state index is 10.5. The van der Waals surface area contributed by atoms with E-state index >= 15 is 0 Å². The van der Waals surface area contributed by atoms with E-state index in [0.29, 0.717) is 6.42 Å². The monoisotopic (exact) mass is 410 g/mol. The lowest BCUT2D eigenvalue weighted by atomic mass is 10.0. The lowest BCUT2D eigenvalue weighted by molar-refractivity contribution is 0.178. The van der Waals surface area contributed by atoms with Crippen LogP contribution in [0.1, 0.15) is 17.2 Å². The number of halogens is 2. The van der Waals surface area contributed by atoms with Gasteiger partial charge in [-0.15, -0.1) is 11.3 Å². The third kappa shape index (κ3) is 2.84. The van der Waals surface area contributed by atoms with Crippen molar-refractivity contribution in [3.63, 3.8) is 0 Å². The summed E-state index contributed by atoms with van der Waals surface area (Å²) in [6, 6.07) is 14.2. The highest BCUT2D eigenvalue weighted by atomic mass is 79.9. The fourth-order valence-electron chi connectivity index (χ4n) is 2.28. The van der Waals surface area contributed by atoms with Gasteiger partial charge in [-0.2, -0.15) is 0 Å². The molecule has 3 aromatic rings. The van der Waals surface area contributed by atoms with E-state index in [0.717, 1.165) is 14.5 Å². The molecule has 0 spiro atoms. The zero-order valence-electron chi connectivity index (χ0n) is 10.5. The molecule has 0 aliphatic rings. The molecule has 0 saturated heterocycles. The molecule has 4 heteroatoms. The van der Waals surface area contributed by atoms with E-state index in [1.54, 1.807) is 11.3 Å². The van der Waals surface area contributed by atoms with Crippen molar-refractivity contribution in [2.45, 2.75) is 12.5 Å². The molecule has 0 aliphatic heterocycles. The summed E-state index contributed by atoms with van der Waals surface area (Å²) in [6.07, 6.45) is 0.125. The minimum atomic E-state index is -0.504. The van der Waals surface area contributed by atoms with Crippen LogP contribution >= 0.6 is 43.2 Å². The first-order valence-corrected chi connectivity index (χ1v) is 8.70. The largest absolute Gasteiger partial charge is 0.388 e. The molecule has 2 aromatic carbocycles. The minimum absolute atomic E-state index is 0.504. The third-order valence-corrected chi connectivity index (χ3v) is 5.49. The van der Waals surface area contributed by atoms with Crippen LogP contribution in [0.5, 0.6) is 0 Å². The Morgan fingerprint density at radius 3 is 2.70 bits per heavy atom. The molecule has 20 heavy (non-hydrogen) atoms. The molecule has 1 N–H and O–H groups in total. The molecule has 0 saturated carbocycles. The fraction of sp³-hybridized carbons (Fsp3) is 0.125. The Kier molecular flexibility index (Phi) is 4.26. The number of thiophene rings is 1. The topological polar surface area (TPSA) is 20.2 Å². The van der Waals surface area contributed by atoms with Crippen LogP contribution in [-0.4, -0.2) is 5.11 Å². The van der Waals surface area contributed by atoms with Gasteiger partial charge in [0.15, 0.2) is 0 Å². The van der Waals surface area contributed by atoms with Gasteiger partial charge in [0.05, 0.1) is 6.10 Å². The van der Waals surface area contributed by atoms with Crippen LogP contribution in [0.3, 0.4) is 0 Å². The maximum Gasteiger partial charge on any atom is 0.0841 e. The molecule has 1 nitrogen and oxygen atoms in total. The molecule has 0 fully saturated rings. The van der Waals surface area contributed by atoms with Crippen LogP contribution in [-0.2, 0) is 6.42 Å². The molecule has 1 heterocycles. The van der Waals surface area contributed by atoms with Crippen LogP contribution in [0.15, 0.2) is 56.8 Å². The van der Waals surface area contributed by atoms with Crippen LogP contribution in [0.2, 0.25) is 0 Å². The van der Waals surface area contributed by atoms with Crippen LogP contribution in [0, 0.1) is 0 Å². The Morgan fingerprint density at radius 2 is 1.90 bits per heavy atom. The van der Waals surface area contributed by atoms with Gasteiger partial charge in [-0.25, -0.2) is 0 Å². The lowest BCUT2D eigenvalue weighted by Crippen LogP contribution is -2.02. The van der Waals surface area contributed by atoms with Gasteiger partial charge < -0.3 is 5.11 Å². The van der Waals surface area contributed by atoms with Crippen molar-refractivity contribution in [1.82, 2.24) is 0 Å². The Hall–Kier alpha value is -0.680. The maximum absolute atomic E-state index is 10.5. The Bertz CT molecular complexity index is 751. The molecule has 1 unspecified atom stereocenters. The molecule has 0 amide bonds. The molecule has 0 aliphatic carbocycles. The second kappa shape index (κ2) is 5.98. The van der Waals surface area contributed by atoms with Crippen molar-refractivity contribution in [3.05, 3.63) is 67.9 Å². The van der Waals surface area contributed by atoms with E-state index in [9.17, 15) is 5.11 Å². The first-order chi connectivity index (χ1) is 9.65. The van der Waals surface area contributed by atoms with Crippen molar-refractivity contribution in [3.8, 4) is 0 Å². The van der Waals surface area contributed by atoms with E-state index in [-0.39, 0.29) is 0 Å². The van der Waals surface area contributed by atoms with E-state index in [4.69, 9.17) is 0 Å². The molecule has 0 bridgehead atoms. The molecule has 0 radical (unpaired) electrons. The van der Waals surface area contributed by atoms with Crippen molar-refractivity contribution >= 4 is 53.3 Å². The number of aliphatic hydroxyl groups is 1. The highest BCUT2D eigenvalue weighted by Gasteiger charge is 2.14. The van der Waals surface area contributed by atoms with Gasteiger partial charge in [-0.1, -0.05) is 56.1 Å².